The predicted octanol–water partition coefficient (Wildman–Crippen LogP) is 3.51. The predicted molar refractivity (Wildman–Crippen MR) is 116 cm³/mol. The summed E-state index contributed by atoms with van der Waals surface area (Å²) < 4.78 is 24.6. The summed E-state index contributed by atoms with van der Waals surface area (Å²) in [6, 6.07) is 12.6. The first kappa shape index (κ1) is 21.3. The highest BCUT2D eigenvalue weighted by Gasteiger charge is 2.10. The van der Waals surface area contributed by atoms with Gasteiger partial charge in [-0.15, -0.1) is 24.0 Å². The van der Waals surface area contributed by atoms with E-state index in [1.54, 1.807) is 19.2 Å². The topological polar surface area (TPSA) is 54.9 Å². The highest BCUT2D eigenvalue weighted by atomic mass is 127. The van der Waals surface area contributed by atoms with Gasteiger partial charge in [0.1, 0.15) is 5.82 Å². The number of nitrogens with one attached hydrogen (secondary N) is 2. The second-order valence-corrected chi connectivity index (χ2v) is 6.06. The normalized spacial score (nSPS) is 13.3. The van der Waals surface area contributed by atoms with Crippen LogP contribution < -0.4 is 20.1 Å². The highest BCUT2D eigenvalue weighted by molar-refractivity contribution is 14.0. The number of aliphatic imine (C=N–C) groups is 1. The molecule has 0 radical (unpaired) electrons. The number of hydrogen-bond acceptors (Lipinski definition) is 3. The lowest BCUT2D eigenvalue weighted by Crippen LogP contribution is -2.37. The number of rotatable bonds is 5. The monoisotopic (exact) mass is 485 g/mol. The quantitative estimate of drug-likeness (QED) is 0.387. The van der Waals surface area contributed by atoms with E-state index in [-0.39, 0.29) is 29.8 Å². The Kier molecular flexibility index (Phi) is 8.63. The maximum absolute atomic E-state index is 13.2. The van der Waals surface area contributed by atoms with Crippen molar-refractivity contribution < 1.29 is 13.9 Å². The standard InChI is InChI=1S/C20H24FN3O2.HI/c1-22-20(23-9-8-15-4-2-5-17(21)12-15)24-14-16-6-7-18-19(13-16)26-11-3-10-25-18;/h2,4-7,12-13H,3,8-11,14H2,1H3,(H2,22,23,24);1H. The third-order valence-electron chi connectivity index (χ3n) is 4.09. The smallest absolute Gasteiger partial charge is 0.191 e. The van der Waals surface area contributed by atoms with Crippen LogP contribution in [0, 0.1) is 5.82 Å². The van der Waals surface area contributed by atoms with Crippen LogP contribution in [0.2, 0.25) is 0 Å². The Morgan fingerprint density at radius 1 is 1.04 bits per heavy atom. The molecule has 2 aromatic carbocycles. The minimum Gasteiger partial charge on any atom is -0.490 e. The minimum atomic E-state index is -0.209. The molecule has 0 bridgehead atoms. The van der Waals surface area contributed by atoms with Crippen molar-refractivity contribution in [1.82, 2.24) is 10.6 Å². The summed E-state index contributed by atoms with van der Waals surface area (Å²) in [5, 5.41) is 6.51. The Labute approximate surface area is 176 Å². The fraction of sp³-hybridized carbons (Fsp3) is 0.350. The Hall–Kier alpha value is -2.03. The molecule has 0 aliphatic carbocycles. The second-order valence-electron chi connectivity index (χ2n) is 6.06. The van der Waals surface area contributed by atoms with E-state index in [0.717, 1.165) is 35.5 Å². The molecule has 0 saturated carbocycles. The van der Waals surface area contributed by atoms with Crippen LogP contribution in [-0.4, -0.2) is 32.8 Å². The SMILES string of the molecule is CN=C(NCCc1cccc(F)c1)NCc1ccc2c(c1)OCCCO2.I. The molecule has 146 valence electrons. The summed E-state index contributed by atoms with van der Waals surface area (Å²) in [5.74, 6) is 2.08. The van der Waals surface area contributed by atoms with Crippen LogP contribution in [0.25, 0.3) is 0 Å². The van der Waals surface area contributed by atoms with E-state index in [0.29, 0.717) is 32.3 Å². The van der Waals surface area contributed by atoms with Crippen LogP contribution >= 0.6 is 24.0 Å². The van der Waals surface area contributed by atoms with Gasteiger partial charge in [-0.2, -0.15) is 0 Å². The highest BCUT2D eigenvalue weighted by Crippen LogP contribution is 2.30. The first-order valence-corrected chi connectivity index (χ1v) is 8.82. The lowest BCUT2D eigenvalue weighted by Gasteiger charge is -2.13. The zero-order valence-electron chi connectivity index (χ0n) is 15.3. The van der Waals surface area contributed by atoms with Crippen molar-refractivity contribution in [2.24, 2.45) is 4.99 Å². The van der Waals surface area contributed by atoms with E-state index >= 15 is 0 Å². The number of ether oxygens (including phenoxy) is 2. The summed E-state index contributed by atoms with van der Waals surface area (Å²) in [7, 11) is 1.73. The number of nitrogens with zero attached hydrogens (tertiary/aromatic N) is 1. The fourth-order valence-electron chi connectivity index (χ4n) is 2.74. The van der Waals surface area contributed by atoms with Gasteiger partial charge in [-0.1, -0.05) is 18.2 Å². The van der Waals surface area contributed by atoms with Crippen LogP contribution in [0.4, 0.5) is 4.39 Å². The molecule has 0 amide bonds. The van der Waals surface area contributed by atoms with Gasteiger partial charge in [0.2, 0.25) is 0 Å². The largest absolute Gasteiger partial charge is 0.490 e. The van der Waals surface area contributed by atoms with Crippen molar-refractivity contribution in [1.29, 1.82) is 0 Å². The van der Waals surface area contributed by atoms with Crippen LogP contribution in [0.15, 0.2) is 47.5 Å². The molecule has 7 heteroatoms. The van der Waals surface area contributed by atoms with Crippen LogP contribution in [0.3, 0.4) is 0 Å². The lowest BCUT2D eigenvalue weighted by molar-refractivity contribution is 0.297. The Morgan fingerprint density at radius 3 is 2.63 bits per heavy atom. The molecule has 0 fully saturated rings. The molecule has 0 aromatic heterocycles. The minimum absolute atomic E-state index is 0. The molecule has 0 atom stereocenters. The summed E-state index contributed by atoms with van der Waals surface area (Å²) in [5.41, 5.74) is 2.04. The molecule has 2 N–H and O–H groups in total. The fourth-order valence-corrected chi connectivity index (χ4v) is 2.74. The number of halogens is 2. The van der Waals surface area contributed by atoms with Crippen molar-refractivity contribution in [3.05, 3.63) is 59.4 Å². The molecule has 3 rings (SSSR count). The molecule has 0 saturated heterocycles. The van der Waals surface area contributed by atoms with Crippen LogP contribution in [0.5, 0.6) is 11.5 Å². The lowest BCUT2D eigenvalue weighted by atomic mass is 10.1. The first-order valence-electron chi connectivity index (χ1n) is 8.82. The average Bonchev–Trinajstić information content (AvgIpc) is 2.89. The molecule has 0 unspecified atom stereocenters. The molecule has 1 aliphatic rings. The van der Waals surface area contributed by atoms with Crippen molar-refractivity contribution >= 4 is 29.9 Å². The van der Waals surface area contributed by atoms with Gasteiger partial charge in [-0.25, -0.2) is 4.39 Å². The average molecular weight is 485 g/mol. The van der Waals surface area contributed by atoms with Gasteiger partial charge in [0.05, 0.1) is 13.2 Å². The van der Waals surface area contributed by atoms with Gasteiger partial charge in [0.25, 0.3) is 0 Å². The van der Waals surface area contributed by atoms with E-state index in [2.05, 4.69) is 15.6 Å². The van der Waals surface area contributed by atoms with Gasteiger partial charge >= 0.3 is 0 Å². The second kappa shape index (κ2) is 11.0. The van der Waals surface area contributed by atoms with Gasteiger partial charge in [-0.05, 0) is 41.8 Å². The van der Waals surface area contributed by atoms with E-state index in [1.807, 2.05) is 24.3 Å². The molecule has 2 aromatic rings. The van der Waals surface area contributed by atoms with Gasteiger partial charge in [0, 0.05) is 26.6 Å². The summed E-state index contributed by atoms with van der Waals surface area (Å²) in [6.07, 6.45) is 1.62. The molecule has 27 heavy (non-hydrogen) atoms. The molecule has 1 aliphatic heterocycles. The summed E-state index contributed by atoms with van der Waals surface area (Å²) in [4.78, 5) is 4.22. The van der Waals surface area contributed by atoms with E-state index in [9.17, 15) is 4.39 Å². The van der Waals surface area contributed by atoms with Crippen molar-refractivity contribution in [2.45, 2.75) is 19.4 Å². The van der Waals surface area contributed by atoms with Crippen molar-refractivity contribution in [3.8, 4) is 11.5 Å². The number of benzene rings is 2. The number of guanidine groups is 1. The maximum atomic E-state index is 13.2. The van der Waals surface area contributed by atoms with E-state index < -0.39 is 0 Å². The first-order chi connectivity index (χ1) is 12.7. The molecular formula is C20H25FIN3O2. The molecule has 5 nitrogen and oxygen atoms in total. The molecule has 1 heterocycles. The Balaban J connectivity index is 0.00000261. The zero-order chi connectivity index (χ0) is 18.2. The molecular weight excluding hydrogens is 460 g/mol. The summed E-state index contributed by atoms with van der Waals surface area (Å²) >= 11 is 0. The van der Waals surface area contributed by atoms with Crippen molar-refractivity contribution in [3.63, 3.8) is 0 Å². The van der Waals surface area contributed by atoms with Gasteiger partial charge in [-0.3, -0.25) is 4.99 Å². The van der Waals surface area contributed by atoms with Crippen molar-refractivity contribution in [2.75, 3.05) is 26.8 Å². The number of hydrogen-bond donors (Lipinski definition) is 2. The van der Waals surface area contributed by atoms with Gasteiger partial charge in [0.15, 0.2) is 17.5 Å². The van der Waals surface area contributed by atoms with Crippen LogP contribution in [-0.2, 0) is 13.0 Å². The maximum Gasteiger partial charge on any atom is 0.191 e. The third kappa shape index (κ3) is 6.57. The molecule has 0 spiro atoms. The van der Waals surface area contributed by atoms with Gasteiger partial charge < -0.3 is 20.1 Å². The summed E-state index contributed by atoms with van der Waals surface area (Å²) in [6.45, 7) is 2.65. The zero-order valence-corrected chi connectivity index (χ0v) is 17.7. The van der Waals surface area contributed by atoms with Crippen LogP contribution in [0.1, 0.15) is 17.5 Å². The Bertz CT molecular complexity index is 771. The number of fused-ring (bicyclic) bond motifs is 1. The Morgan fingerprint density at radius 2 is 1.85 bits per heavy atom. The van der Waals surface area contributed by atoms with E-state index in [1.165, 1.54) is 6.07 Å². The third-order valence-corrected chi connectivity index (χ3v) is 4.09. The van der Waals surface area contributed by atoms with E-state index in [4.69, 9.17) is 9.47 Å².